The van der Waals surface area contributed by atoms with Gasteiger partial charge in [-0.1, -0.05) is 31.9 Å². The Morgan fingerprint density at radius 3 is 2.45 bits per heavy atom. The highest BCUT2D eigenvalue weighted by atomic mass is 32.2. The van der Waals surface area contributed by atoms with Crippen molar-refractivity contribution in [1.82, 2.24) is 10.2 Å². The van der Waals surface area contributed by atoms with E-state index in [2.05, 4.69) is 6.92 Å². The minimum Gasteiger partial charge on any atom is -0.492 e. The molecule has 31 heavy (non-hydrogen) atoms. The number of carboxylic acid groups (broad SMARTS) is 1. The Balaban J connectivity index is 2.49. The van der Waals surface area contributed by atoms with Gasteiger partial charge in [0.05, 0.1) is 6.54 Å². The number of aliphatic carboxylic acids is 1. The van der Waals surface area contributed by atoms with Gasteiger partial charge in [-0.25, -0.2) is 4.79 Å². The molecule has 2 amide bonds. The fourth-order valence-electron chi connectivity index (χ4n) is 2.61. The van der Waals surface area contributed by atoms with Crippen LogP contribution in [0.3, 0.4) is 0 Å². The van der Waals surface area contributed by atoms with Crippen LogP contribution in [0.25, 0.3) is 0 Å². The zero-order valence-electron chi connectivity index (χ0n) is 17.7. The SMILES string of the molecule is CCCCCSCCN(CCOc1ccc(CCC(=O)O)cc1)C(=O)NCC(F)(F)F. The van der Waals surface area contributed by atoms with E-state index in [1.807, 2.05) is 5.32 Å². The molecule has 0 fully saturated rings. The second-order valence-electron chi connectivity index (χ2n) is 6.97. The number of carbonyl (C=O) groups is 2. The average Bonchev–Trinajstić information content (AvgIpc) is 2.72. The number of urea groups is 1. The van der Waals surface area contributed by atoms with Gasteiger partial charge in [-0.05, 0) is 36.3 Å². The van der Waals surface area contributed by atoms with Crippen molar-refractivity contribution >= 4 is 23.8 Å². The average molecular weight is 465 g/mol. The maximum atomic E-state index is 12.4. The molecule has 0 bridgehead atoms. The van der Waals surface area contributed by atoms with Gasteiger partial charge in [0.1, 0.15) is 18.9 Å². The van der Waals surface area contributed by atoms with Crippen LogP contribution in [-0.2, 0) is 11.2 Å². The summed E-state index contributed by atoms with van der Waals surface area (Å²) in [7, 11) is 0. The lowest BCUT2D eigenvalue weighted by Crippen LogP contribution is -2.46. The Hall–Kier alpha value is -2.10. The number of unbranched alkanes of at least 4 members (excludes halogenated alkanes) is 2. The molecule has 0 radical (unpaired) electrons. The highest BCUT2D eigenvalue weighted by Crippen LogP contribution is 2.15. The van der Waals surface area contributed by atoms with Crippen LogP contribution in [0.5, 0.6) is 5.75 Å². The first-order chi connectivity index (χ1) is 14.7. The molecule has 1 aromatic carbocycles. The predicted octanol–water partition coefficient (Wildman–Crippen LogP) is 4.58. The van der Waals surface area contributed by atoms with E-state index in [-0.39, 0.29) is 19.6 Å². The molecule has 0 heterocycles. The van der Waals surface area contributed by atoms with E-state index in [1.54, 1.807) is 36.0 Å². The van der Waals surface area contributed by atoms with Crippen LogP contribution in [0.1, 0.15) is 38.2 Å². The quantitative estimate of drug-likeness (QED) is 0.372. The molecule has 0 saturated heterocycles. The van der Waals surface area contributed by atoms with Gasteiger partial charge in [-0.2, -0.15) is 24.9 Å². The molecular formula is C21H31F3N2O4S. The molecule has 0 aliphatic heterocycles. The largest absolute Gasteiger partial charge is 0.492 e. The maximum absolute atomic E-state index is 12.4. The third kappa shape index (κ3) is 13.7. The van der Waals surface area contributed by atoms with Gasteiger partial charge in [0.25, 0.3) is 0 Å². The number of rotatable bonds is 15. The van der Waals surface area contributed by atoms with Crippen molar-refractivity contribution in [2.45, 2.75) is 45.2 Å². The van der Waals surface area contributed by atoms with Crippen molar-refractivity contribution < 1.29 is 32.6 Å². The van der Waals surface area contributed by atoms with Gasteiger partial charge < -0.3 is 20.1 Å². The van der Waals surface area contributed by atoms with Crippen molar-refractivity contribution in [3.8, 4) is 5.75 Å². The number of nitrogens with zero attached hydrogens (tertiary/aromatic N) is 1. The van der Waals surface area contributed by atoms with E-state index in [0.29, 0.717) is 24.5 Å². The summed E-state index contributed by atoms with van der Waals surface area (Å²) in [5.74, 6) is 1.27. The van der Waals surface area contributed by atoms with E-state index in [0.717, 1.165) is 30.6 Å². The highest BCUT2D eigenvalue weighted by molar-refractivity contribution is 7.99. The van der Waals surface area contributed by atoms with Crippen LogP contribution in [0.2, 0.25) is 0 Å². The van der Waals surface area contributed by atoms with E-state index in [4.69, 9.17) is 9.84 Å². The van der Waals surface area contributed by atoms with Gasteiger partial charge in [0.15, 0.2) is 0 Å². The normalized spacial score (nSPS) is 11.2. The first-order valence-electron chi connectivity index (χ1n) is 10.3. The second-order valence-corrected chi connectivity index (χ2v) is 8.19. The third-order valence-electron chi connectivity index (χ3n) is 4.31. The lowest BCUT2D eigenvalue weighted by Gasteiger charge is -2.23. The van der Waals surface area contributed by atoms with Crippen LogP contribution < -0.4 is 10.1 Å². The molecule has 1 rings (SSSR count). The maximum Gasteiger partial charge on any atom is 0.405 e. The van der Waals surface area contributed by atoms with Crippen LogP contribution in [0.4, 0.5) is 18.0 Å². The van der Waals surface area contributed by atoms with Crippen LogP contribution in [0, 0.1) is 0 Å². The summed E-state index contributed by atoms with van der Waals surface area (Å²) in [6, 6.07) is 6.17. The molecule has 176 valence electrons. The fourth-order valence-corrected chi connectivity index (χ4v) is 3.57. The molecule has 2 N–H and O–H groups in total. The fraction of sp³-hybridized carbons (Fsp3) is 0.619. The van der Waals surface area contributed by atoms with Gasteiger partial charge >= 0.3 is 18.2 Å². The Morgan fingerprint density at radius 1 is 1.13 bits per heavy atom. The number of carbonyl (C=O) groups excluding carboxylic acids is 1. The van der Waals surface area contributed by atoms with E-state index >= 15 is 0 Å². The third-order valence-corrected chi connectivity index (χ3v) is 5.35. The summed E-state index contributed by atoms with van der Waals surface area (Å²) in [5, 5.41) is 10.6. The molecule has 0 atom stereocenters. The number of amides is 2. The van der Waals surface area contributed by atoms with Crippen molar-refractivity contribution in [2.24, 2.45) is 0 Å². The topological polar surface area (TPSA) is 78.9 Å². The predicted molar refractivity (Wildman–Crippen MR) is 116 cm³/mol. The summed E-state index contributed by atoms with van der Waals surface area (Å²) in [5.41, 5.74) is 0.864. The summed E-state index contributed by atoms with van der Waals surface area (Å²) < 4.78 is 42.8. The molecule has 0 unspecified atom stereocenters. The smallest absolute Gasteiger partial charge is 0.405 e. The van der Waals surface area contributed by atoms with E-state index in [1.165, 1.54) is 4.90 Å². The van der Waals surface area contributed by atoms with Crippen molar-refractivity contribution in [1.29, 1.82) is 0 Å². The van der Waals surface area contributed by atoms with E-state index < -0.39 is 24.7 Å². The zero-order chi connectivity index (χ0) is 23.1. The Bertz CT molecular complexity index is 657. The first-order valence-corrected chi connectivity index (χ1v) is 11.5. The second kappa shape index (κ2) is 14.8. The lowest BCUT2D eigenvalue weighted by molar-refractivity contribution is -0.137. The number of aryl methyl sites for hydroxylation is 1. The summed E-state index contributed by atoms with van der Waals surface area (Å²) >= 11 is 1.67. The Morgan fingerprint density at radius 2 is 1.84 bits per heavy atom. The lowest BCUT2D eigenvalue weighted by atomic mass is 10.1. The van der Waals surface area contributed by atoms with Crippen molar-refractivity contribution in [2.75, 3.05) is 37.7 Å². The number of alkyl halides is 3. The number of carboxylic acids is 1. The molecule has 0 aromatic heterocycles. The minimum atomic E-state index is -4.46. The summed E-state index contributed by atoms with van der Waals surface area (Å²) in [6.07, 6.45) is -0.685. The highest BCUT2D eigenvalue weighted by Gasteiger charge is 2.28. The van der Waals surface area contributed by atoms with Gasteiger partial charge in [0.2, 0.25) is 0 Å². The summed E-state index contributed by atoms with van der Waals surface area (Å²) in [6.45, 7) is 1.36. The number of nitrogens with one attached hydrogen (secondary N) is 1. The number of halogens is 3. The van der Waals surface area contributed by atoms with Gasteiger partial charge in [-0.15, -0.1) is 0 Å². The monoisotopic (exact) mass is 464 g/mol. The van der Waals surface area contributed by atoms with Crippen LogP contribution >= 0.6 is 11.8 Å². The molecule has 0 saturated carbocycles. The van der Waals surface area contributed by atoms with Gasteiger partial charge in [0, 0.05) is 18.7 Å². The molecule has 1 aromatic rings. The molecule has 0 aliphatic rings. The summed E-state index contributed by atoms with van der Waals surface area (Å²) in [4.78, 5) is 24.1. The first kappa shape index (κ1) is 26.9. The number of ether oxygens (including phenoxy) is 1. The number of benzene rings is 1. The van der Waals surface area contributed by atoms with Crippen LogP contribution in [0.15, 0.2) is 24.3 Å². The van der Waals surface area contributed by atoms with Crippen LogP contribution in [-0.4, -0.2) is 65.9 Å². The molecule has 0 spiro atoms. The van der Waals surface area contributed by atoms with E-state index in [9.17, 15) is 22.8 Å². The van der Waals surface area contributed by atoms with Gasteiger partial charge in [-0.3, -0.25) is 4.79 Å². The Labute approximate surface area is 185 Å². The Kier molecular flexibility index (Phi) is 12.9. The number of thioether (sulfide) groups is 1. The minimum absolute atomic E-state index is 0.0403. The van der Waals surface area contributed by atoms with Crippen molar-refractivity contribution in [3.63, 3.8) is 0 Å². The number of hydrogen-bond acceptors (Lipinski definition) is 4. The molecule has 10 heteroatoms. The van der Waals surface area contributed by atoms with Crippen molar-refractivity contribution in [3.05, 3.63) is 29.8 Å². The molecular weight excluding hydrogens is 433 g/mol. The standard InChI is InChI=1S/C21H31F3N2O4S/c1-2-3-4-14-31-15-12-26(20(29)25-16-21(22,23)24)11-13-30-18-8-5-17(6-9-18)7-10-19(27)28/h5-6,8-9H,2-4,7,10-16H2,1H3,(H,25,29)(H,27,28). The molecule has 6 nitrogen and oxygen atoms in total. The molecule has 0 aliphatic carbocycles. The number of hydrogen-bond donors (Lipinski definition) is 2. The zero-order valence-corrected chi connectivity index (χ0v) is 18.6.